The average molecular weight is 539 g/mol. The SMILES string of the molecule is Cc1ccc(S(=O)(=O)n2ccc3nc(NNC(=O)C45CCC6(NCOC(C)(C)C)CC64CC5)cnc32)cc1. The molecule has 3 aromatic rings. The topological polar surface area (TPSA) is 127 Å². The lowest BCUT2D eigenvalue weighted by molar-refractivity contribution is -0.143. The second-order valence-corrected chi connectivity index (χ2v) is 13.8. The lowest BCUT2D eigenvalue weighted by Crippen LogP contribution is -2.55. The first-order valence-electron chi connectivity index (χ1n) is 13.0. The van der Waals surface area contributed by atoms with E-state index < -0.39 is 15.4 Å². The van der Waals surface area contributed by atoms with Crippen molar-refractivity contribution in [3.8, 4) is 0 Å². The standard InChI is InChI=1S/C27H34N6O4S/c1-18-5-7-19(8-6-18)38(35,36)33-14-9-20-22(33)28-15-21(30-20)31-32-23(34)25-10-12-26(25)16-27(26,13-11-25)29-17-37-24(2,3)4/h5-9,14-15,29H,10-13,16-17H2,1-4H3,(H,30,31)(H,32,34). The Morgan fingerprint density at radius 1 is 1.11 bits per heavy atom. The van der Waals surface area contributed by atoms with Crippen LogP contribution in [0.1, 0.15) is 58.4 Å². The molecule has 0 radical (unpaired) electrons. The van der Waals surface area contributed by atoms with E-state index in [1.165, 1.54) is 12.4 Å². The molecule has 6 rings (SSSR count). The number of aromatic nitrogens is 3. The number of carbonyl (C=O) groups is 1. The van der Waals surface area contributed by atoms with Gasteiger partial charge in [-0.25, -0.2) is 22.4 Å². The summed E-state index contributed by atoms with van der Waals surface area (Å²) in [6.45, 7) is 8.49. The minimum atomic E-state index is -3.81. The van der Waals surface area contributed by atoms with Gasteiger partial charge in [0.2, 0.25) is 5.91 Å². The van der Waals surface area contributed by atoms with Crippen LogP contribution in [0.15, 0.2) is 47.6 Å². The predicted molar refractivity (Wildman–Crippen MR) is 143 cm³/mol. The molecule has 3 saturated carbocycles. The maximum absolute atomic E-state index is 13.4. The van der Waals surface area contributed by atoms with Crippen LogP contribution in [0.4, 0.5) is 5.82 Å². The Morgan fingerprint density at radius 3 is 2.53 bits per heavy atom. The number of aryl methyl sites for hydroxylation is 1. The van der Waals surface area contributed by atoms with Crippen molar-refractivity contribution in [3.63, 3.8) is 0 Å². The molecular weight excluding hydrogens is 504 g/mol. The van der Waals surface area contributed by atoms with Gasteiger partial charge in [-0.2, -0.15) is 0 Å². The van der Waals surface area contributed by atoms with Gasteiger partial charge >= 0.3 is 0 Å². The van der Waals surface area contributed by atoms with E-state index in [1.807, 2.05) is 27.7 Å². The molecule has 0 saturated heterocycles. The number of nitrogens with zero attached hydrogens (tertiary/aromatic N) is 3. The molecule has 3 unspecified atom stereocenters. The summed E-state index contributed by atoms with van der Waals surface area (Å²) in [5, 5.41) is 3.62. The van der Waals surface area contributed by atoms with Crippen molar-refractivity contribution in [2.24, 2.45) is 10.8 Å². The first-order chi connectivity index (χ1) is 17.9. The minimum Gasteiger partial charge on any atom is -0.361 e. The molecule has 3 aliphatic rings. The van der Waals surface area contributed by atoms with Crippen LogP contribution < -0.4 is 16.2 Å². The summed E-state index contributed by atoms with van der Waals surface area (Å²) in [4.78, 5) is 22.4. The van der Waals surface area contributed by atoms with Crippen molar-refractivity contribution in [2.45, 2.75) is 75.8 Å². The fourth-order valence-electron chi connectivity index (χ4n) is 6.63. The van der Waals surface area contributed by atoms with Crippen molar-refractivity contribution >= 4 is 32.9 Å². The van der Waals surface area contributed by atoms with Gasteiger partial charge in [0.25, 0.3) is 10.0 Å². The van der Waals surface area contributed by atoms with Crippen LogP contribution in [0.25, 0.3) is 11.2 Å². The maximum atomic E-state index is 13.4. The van der Waals surface area contributed by atoms with Crippen LogP contribution in [0.3, 0.4) is 0 Å². The van der Waals surface area contributed by atoms with Crippen molar-refractivity contribution in [1.29, 1.82) is 0 Å². The summed E-state index contributed by atoms with van der Waals surface area (Å²) in [6.07, 6.45) is 7.58. The number of amides is 1. The van der Waals surface area contributed by atoms with Crippen molar-refractivity contribution < 1.29 is 17.9 Å². The van der Waals surface area contributed by atoms with Gasteiger partial charge in [0.15, 0.2) is 11.5 Å². The first kappa shape index (κ1) is 25.3. The number of nitrogens with one attached hydrogen (secondary N) is 3. The van der Waals surface area contributed by atoms with Gasteiger partial charge in [0.05, 0.1) is 28.8 Å². The highest BCUT2D eigenvalue weighted by Crippen LogP contribution is 2.84. The fourth-order valence-corrected chi connectivity index (χ4v) is 7.93. The summed E-state index contributed by atoms with van der Waals surface area (Å²) in [6, 6.07) is 8.26. The molecule has 3 fully saturated rings. The van der Waals surface area contributed by atoms with E-state index in [-0.39, 0.29) is 33.0 Å². The first-order valence-corrected chi connectivity index (χ1v) is 14.5. The number of carbonyl (C=O) groups excluding carboxylic acids is 1. The fraction of sp³-hybridized carbons (Fsp3) is 0.519. The average Bonchev–Trinajstić information content (AvgIpc) is 3.27. The van der Waals surface area contributed by atoms with E-state index in [4.69, 9.17) is 4.74 Å². The monoisotopic (exact) mass is 538 g/mol. The molecule has 202 valence electrons. The van der Waals surface area contributed by atoms with Gasteiger partial charge < -0.3 is 4.74 Å². The molecule has 2 heterocycles. The van der Waals surface area contributed by atoms with Gasteiger partial charge in [0.1, 0.15) is 5.52 Å². The third-order valence-electron chi connectivity index (χ3n) is 8.86. The second-order valence-electron chi connectivity index (χ2n) is 12.0. The van der Waals surface area contributed by atoms with E-state index in [0.717, 1.165) is 41.6 Å². The summed E-state index contributed by atoms with van der Waals surface area (Å²) < 4.78 is 33.3. The molecule has 38 heavy (non-hydrogen) atoms. The molecule has 10 nitrogen and oxygen atoms in total. The minimum absolute atomic E-state index is 0.00972. The predicted octanol–water partition coefficient (Wildman–Crippen LogP) is 3.48. The van der Waals surface area contributed by atoms with Crippen LogP contribution >= 0.6 is 0 Å². The number of hydrogen-bond acceptors (Lipinski definition) is 8. The van der Waals surface area contributed by atoms with Gasteiger partial charge in [0, 0.05) is 17.2 Å². The highest BCUT2D eigenvalue weighted by Gasteiger charge is 2.85. The molecule has 0 bridgehead atoms. The highest BCUT2D eigenvalue weighted by atomic mass is 32.2. The number of anilines is 1. The molecule has 2 aromatic heterocycles. The van der Waals surface area contributed by atoms with E-state index in [9.17, 15) is 13.2 Å². The third-order valence-corrected chi connectivity index (χ3v) is 10.5. The molecule has 1 aromatic carbocycles. The Hall–Kier alpha value is -3.02. The van der Waals surface area contributed by atoms with Crippen molar-refractivity contribution in [1.82, 2.24) is 24.7 Å². The Morgan fingerprint density at radius 2 is 1.84 bits per heavy atom. The zero-order valence-corrected chi connectivity index (χ0v) is 23.0. The molecule has 3 aliphatic carbocycles. The van der Waals surface area contributed by atoms with Gasteiger partial charge in [-0.05, 0) is 78.0 Å². The van der Waals surface area contributed by atoms with Crippen LogP contribution in [0, 0.1) is 17.8 Å². The lowest BCUT2D eigenvalue weighted by atomic mass is 9.57. The van der Waals surface area contributed by atoms with Crippen LogP contribution in [-0.2, 0) is 19.6 Å². The van der Waals surface area contributed by atoms with Crippen molar-refractivity contribution in [3.05, 3.63) is 48.3 Å². The molecule has 3 N–H and O–H groups in total. The largest absolute Gasteiger partial charge is 0.361 e. The molecule has 3 atom stereocenters. The normalized spacial score (nSPS) is 27.9. The molecule has 1 amide bonds. The summed E-state index contributed by atoms with van der Waals surface area (Å²) in [5.74, 6) is 0.320. The number of hydrazine groups is 1. The summed E-state index contributed by atoms with van der Waals surface area (Å²) in [7, 11) is -3.81. The number of rotatable bonds is 8. The maximum Gasteiger partial charge on any atom is 0.269 e. The van der Waals surface area contributed by atoms with Crippen LogP contribution in [0.5, 0.6) is 0 Å². The Balaban J connectivity index is 1.13. The molecule has 11 heteroatoms. The van der Waals surface area contributed by atoms with E-state index in [1.54, 1.807) is 30.3 Å². The number of benzene rings is 1. The second kappa shape index (κ2) is 8.24. The van der Waals surface area contributed by atoms with E-state index >= 15 is 0 Å². The van der Waals surface area contributed by atoms with E-state index in [0.29, 0.717) is 18.1 Å². The lowest BCUT2D eigenvalue weighted by Gasteiger charge is -2.47. The quantitative estimate of drug-likeness (QED) is 0.294. The molecule has 0 aliphatic heterocycles. The summed E-state index contributed by atoms with van der Waals surface area (Å²) >= 11 is 0. The third kappa shape index (κ3) is 3.66. The zero-order valence-electron chi connectivity index (χ0n) is 22.2. The van der Waals surface area contributed by atoms with E-state index in [2.05, 4.69) is 26.1 Å². The Bertz CT molecular complexity index is 1530. The van der Waals surface area contributed by atoms with Crippen LogP contribution in [0.2, 0.25) is 0 Å². The van der Waals surface area contributed by atoms with Gasteiger partial charge in [-0.15, -0.1) is 0 Å². The van der Waals surface area contributed by atoms with Crippen molar-refractivity contribution in [2.75, 3.05) is 12.2 Å². The highest BCUT2D eigenvalue weighted by molar-refractivity contribution is 7.90. The smallest absolute Gasteiger partial charge is 0.269 e. The number of fused-ring (bicyclic) bond motifs is 1. The zero-order chi connectivity index (χ0) is 27.0. The van der Waals surface area contributed by atoms with Crippen LogP contribution in [-0.4, -0.2) is 46.1 Å². The molecular formula is C27H34N6O4S. The van der Waals surface area contributed by atoms with Gasteiger partial charge in [-0.1, -0.05) is 17.7 Å². The summed E-state index contributed by atoms with van der Waals surface area (Å²) in [5.41, 5.74) is 6.76. The Kier molecular flexibility index (Phi) is 5.48. The Labute approximate surface area is 222 Å². The number of ether oxygens (including phenoxy) is 1. The number of hydrogen-bond donors (Lipinski definition) is 3. The van der Waals surface area contributed by atoms with Gasteiger partial charge in [-0.3, -0.25) is 21.0 Å². The molecule has 1 spiro atoms.